The summed E-state index contributed by atoms with van der Waals surface area (Å²) in [5.41, 5.74) is 0.706. The Hall–Kier alpha value is -2.05. The van der Waals surface area contributed by atoms with Crippen LogP contribution in [-0.2, 0) is 14.8 Å². The largest absolute Gasteiger partial charge is 0.462 e. The number of halogens is 1. The lowest BCUT2D eigenvalue weighted by Crippen LogP contribution is -2.30. The van der Waals surface area contributed by atoms with E-state index in [-0.39, 0.29) is 18.0 Å². The van der Waals surface area contributed by atoms with Gasteiger partial charge in [-0.2, -0.15) is 0 Å². The molecule has 0 saturated heterocycles. The number of carbonyl (C=O) groups excluding carboxylic acids is 1. The molecule has 2 aromatic carbocycles. The molecule has 0 aromatic heterocycles. The molecule has 0 saturated carbocycles. The SMILES string of the molecule is CCOC(=O)c1cccc(N(CC)S(=O)(=O)c2ccc(Cl)cc2)c1. The maximum absolute atomic E-state index is 12.8. The molecule has 0 N–H and O–H groups in total. The van der Waals surface area contributed by atoms with Crippen LogP contribution in [-0.4, -0.2) is 27.5 Å². The lowest BCUT2D eigenvalue weighted by atomic mass is 10.2. The van der Waals surface area contributed by atoms with Gasteiger partial charge < -0.3 is 4.74 Å². The third-order valence-corrected chi connectivity index (χ3v) is 5.50. The lowest BCUT2D eigenvalue weighted by molar-refractivity contribution is 0.0526. The van der Waals surface area contributed by atoms with Crippen molar-refractivity contribution >= 4 is 33.3 Å². The molecule has 7 heteroatoms. The van der Waals surface area contributed by atoms with E-state index in [0.29, 0.717) is 16.3 Å². The molecule has 0 heterocycles. The minimum Gasteiger partial charge on any atom is -0.462 e. The van der Waals surface area contributed by atoms with Crippen molar-refractivity contribution in [2.75, 3.05) is 17.5 Å². The fourth-order valence-corrected chi connectivity index (χ4v) is 3.82. The van der Waals surface area contributed by atoms with Gasteiger partial charge in [-0.25, -0.2) is 13.2 Å². The van der Waals surface area contributed by atoms with Crippen molar-refractivity contribution in [2.45, 2.75) is 18.7 Å². The summed E-state index contributed by atoms with van der Waals surface area (Å²) in [6, 6.07) is 12.3. The van der Waals surface area contributed by atoms with Gasteiger partial charge in [0.05, 0.1) is 22.8 Å². The van der Waals surface area contributed by atoms with E-state index in [0.717, 1.165) is 0 Å². The van der Waals surface area contributed by atoms with E-state index in [1.165, 1.54) is 34.6 Å². The molecule has 0 aliphatic rings. The molecule has 0 amide bonds. The van der Waals surface area contributed by atoms with Crippen LogP contribution in [0.25, 0.3) is 0 Å². The second-order valence-electron chi connectivity index (χ2n) is 4.89. The summed E-state index contributed by atoms with van der Waals surface area (Å²) >= 11 is 5.82. The maximum Gasteiger partial charge on any atom is 0.338 e. The molecule has 0 aliphatic carbocycles. The Kier molecular flexibility index (Phi) is 5.85. The first-order valence-corrected chi connectivity index (χ1v) is 9.27. The van der Waals surface area contributed by atoms with E-state index < -0.39 is 16.0 Å². The van der Waals surface area contributed by atoms with Gasteiger partial charge in [-0.05, 0) is 56.3 Å². The summed E-state index contributed by atoms with van der Waals surface area (Å²) in [5, 5.41) is 0.460. The number of nitrogens with zero attached hydrogens (tertiary/aromatic N) is 1. The van der Waals surface area contributed by atoms with Crippen LogP contribution >= 0.6 is 11.6 Å². The van der Waals surface area contributed by atoms with Gasteiger partial charge in [-0.3, -0.25) is 4.31 Å². The van der Waals surface area contributed by atoms with E-state index in [1.54, 1.807) is 32.0 Å². The highest BCUT2D eigenvalue weighted by Gasteiger charge is 2.24. The van der Waals surface area contributed by atoms with Crippen LogP contribution in [0, 0.1) is 0 Å². The zero-order chi connectivity index (χ0) is 17.7. The summed E-state index contributed by atoms with van der Waals surface area (Å²) in [5.74, 6) is -0.487. The Morgan fingerprint density at radius 3 is 2.38 bits per heavy atom. The smallest absolute Gasteiger partial charge is 0.338 e. The van der Waals surface area contributed by atoms with Gasteiger partial charge in [-0.15, -0.1) is 0 Å². The summed E-state index contributed by atoms with van der Waals surface area (Å²) in [7, 11) is -3.75. The van der Waals surface area contributed by atoms with Crippen molar-refractivity contribution in [3.8, 4) is 0 Å². The van der Waals surface area contributed by atoms with E-state index >= 15 is 0 Å². The normalized spacial score (nSPS) is 11.1. The monoisotopic (exact) mass is 367 g/mol. The average molecular weight is 368 g/mol. The molecule has 0 aliphatic heterocycles. The van der Waals surface area contributed by atoms with E-state index in [4.69, 9.17) is 16.3 Å². The highest BCUT2D eigenvalue weighted by Crippen LogP contribution is 2.25. The van der Waals surface area contributed by atoms with Crippen molar-refractivity contribution in [3.63, 3.8) is 0 Å². The average Bonchev–Trinajstić information content (AvgIpc) is 2.56. The van der Waals surface area contributed by atoms with Gasteiger partial charge in [0, 0.05) is 11.6 Å². The van der Waals surface area contributed by atoms with Crippen molar-refractivity contribution in [3.05, 3.63) is 59.1 Å². The van der Waals surface area contributed by atoms with Gasteiger partial charge in [-0.1, -0.05) is 17.7 Å². The van der Waals surface area contributed by atoms with Crippen LogP contribution in [0.2, 0.25) is 5.02 Å². The maximum atomic E-state index is 12.8. The first-order chi connectivity index (χ1) is 11.4. The fourth-order valence-electron chi connectivity index (χ4n) is 2.23. The Morgan fingerprint density at radius 1 is 1.12 bits per heavy atom. The number of carbonyl (C=O) groups is 1. The first kappa shape index (κ1) is 18.3. The van der Waals surface area contributed by atoms with Gasteiger partial charge in [0.15, 0.2) is 0 Å². The molecule has 0 spiro atoms. The number of hydrogen-bond donors (Lipinski definition) is 0. The number of ether oxygens (including phenoxy) is 1. The van der Waals surface area contributed by atoms with E-state index in [1.807, 2.05) is 0 Å². The summed E-state index contributed by atoms with van der Waals surface area (Å²) < 4.78 is 31.9. The number of rotatable bonds is 6. The number of hydrogen-bond acceptors (Lipinski definition) is 4. The minimum atomic E-state index is -3.75. The fraction of sp³-hybridized carbons (Fsp3) is 0.235. The molecule has 2 rings (SSSR count). The lowest BCUT2D eigenvalue weighted by Gasteiger charge is -2.23. The Morgan fingerprint density at radius 2 is 1.79 bits per heavy atom. The zero-order valence-electron chi connectivity index (χ0n) is 13.4. The zero-order valence-corrected chi connectivity index (χ0v) is 15.0. The van der Waals surface area contributed by atoms with Crippen molar-refractivity contribution in [1.82, 2.24) is 0 Å². The predicted octanol–water partition coefficient (Wildman–Crippen LogP) is 3.73. The summed E-state index contributed by atoms with van der Waals surface area (Å²) in [6.45, 7) is 3.91. The predicted molar refractivity (Wildman–Crippen MR) is 94.1 cm³/mol. The molecule has 0 fully saturated rings. The van der Waals surface area contributed by atoms with Crippen LogP contribution in [0.3, 0.4) is 0 Å². The van der Waals surface area contributed by atoms with Crippen molar-refractivity contribution < 1.29 is 17.9 Å². The van der Waals surface area contributed by atoms with Gasteiger partial charge >= 0.3 is 5.97 Å². The Balaban J connectivity index is 2.42. The quantitative estimate of drug-likeness (QED) is 0.730. The topological polar surface area (TPSA) is 63.7 Å². The van der Waals surface area contributed by atoms with Crippen molar-refractivity contribution in [1.29, 1.82) is 0 Å². The van der Waals surface area contributed by atoms with Crippen LogP contribution < -0.4 is 4.31 Å². The van der Waals surface area contributed by atoms with E-state index in [2.05, 4.69) is 0 Å². The third-order valence-electron chi connectivity index (χ3n) is 3.33. The van der Waals surface area contributed by atoms with Crippen LogP contribution in [0.5, 0.6) is 0 Å². The molecule has 0 radical (unpaired) electrons. The third kappa shape index (κ3) is 3.88. The summed E-state index contributed by atoms with van der Waals surface area (Å²) in [4.78, 5) is 12.0. The standard InChI is InChI=1S/C17H18ClNO4S/c1-3-19(24(21,22)16-10-8-14(18)9-11-16)15-7-5-6-13(12-15)17(20)23-4-2/h5-12H,3-4H2,1-2H3. The van der Waals surface area contributed by atoms with Gasteiger partial charge in [0.1, 0.15) is 0 Å². The highest BCUT2D eigenvalue weighted by molar-refractivity contribution is 7.92. The number of anilines is 1. The summed E-state index contributed by atoms with van der Waals surface area (Å²) in [6.07, 6.45) is 0. The molecule has 5 nitrogen and oxygen atoms in total. The second-order valence-corrected chi connectivity index (χ2v) is 7.19. The van der Waals surface area contributed by atoms with Crippen LogP contribution in [0.15, 0.2) is 53.4 Å². The Bertz CT molecular complexity index is 819. The second kappa shape index (κ2) is 7.68. The van der Waals surface area contributed by atoms with Gasteiger partial charge in [0.25, 0.3) is 10.0 Å². The number of sulfonamides is 1. The van der Waals surface area contributed by atoms with Crippen LogP contribution in [0.1, 0.15) is 24.2 Å². The molecule has 0 bridgehead atoms. The number of esters is 1. The minimum absolute atomic E-state index is 0.135. The molecule has 24 heavy (non-hydrogen) atoms. The van der Waals surface area contributed by atoms with Crippen LogP contribution in [0.4, 0.5) is 5.69 Å². The molecular formula is C17H18ClNO4S. The molecule has 128 valence electrons. The Labute approximate surface area is 146 Å². The van der Waals surface area contributed by atoms with E-state index in [9.17, 15) is 13.2 Å². The molecule has 2 aromatic rings. The molecule has 0 unspecified atom stereocenters. The highest BCUT2D eigenvalue weighted by atomic mass is 35.5. The number of benzene rings is 2. The molecule has 0 atom stereocenters. The molecular weight excluding hydrogens is 350 g/mol. The van der Waals surface area contributed by atoms with Gasteiger partial charge in [0.2, 0.25) is 0 Å². The van der Waals surface area contributed by atoms with Crippen molar-refractivity contribution in [2.24, 2.45) is 0 Å². The first-order valence-electron chi connectivity index (χ1n) is 7.45.